The summed E-state index contributed by atoms with van der Waals surface area (Å²) < 4.78 is 26.7. The van der Waals surface area contributed by atoms with Crippen molar-refractivity contribution >= 4 is 5.91 Å². The van der Waals surface area contributed by atoms with Crippen molar-refractivity contribution < 1.29 is 13.6 Å². The van der Waals surface area contributed by atoms with Gasteiger partial charge in [0.2, 0.25) is 5.91 Å². The first-order valence-corrected chi connectivity index (χ1v) is 5.59. The highest BCUT2D eigenvalue weighted by Crippen LogP contribution is 2.37. The number of hydrogen-bond acceptors (Lipinski definition) is 1. The molecule has 0 heterocycles. The van der Waals surface area contributed by atoms with E-state index >= 15 is 0 Å². The predicted molar refractivity (Wildman–Crippen MR) is 54.8 cm³/mol. The normalized spacial score (nSPS) is 25.3. The Hall–Kier alpha value is -0.670. The number of hydrogen-bond donors (Lipinski definition) is 1. The number of alkyl halides is 2. The summed E-state index contributed by atoms with van der Waals surface area (Å²) in [5.74, 6) is -3.55. The average molecular weight is 219 g/mol. The van der Waals surface area contributed by atoms with Crippen LogP contribution in [0.5, 0.6) is 0 Å². The van der Waals surface area contributed by atoms with E-state index < -0.39 is 11.8 Å². The first-order chi connectivity index (χ1) is 6.93. The van der Waals surface area contributed by atoms with Gasteiger partial charge in [-0.1, -0.05) is 20.3 Å². The lowest BCUT2D eigenvalue weighted by molar-refractivity contribution is -0.126. The Kier molecular flexibility index (Phi) is 4.05. The van der Waals surface area contributed by atoms with Crippen LogP contribution in [0.1, 0.15) is 39.5 Å². The Morgan fingerprint density at radius 3 is 2.67 bits per heavy atom. The molecular weight excluding hydrogens is 200 g/mol. The second-order valence-corrected chi connectivity index (χ2v) is 4.60. The van der Waals surface area contributed by atoms with Gasteiger partial charge in [0.25, 0.3) is 5.92 Å². The molecule has 1 unspecified atom stereocenters. The van der Waals surface area contributed by atoms with Crippen LogP contribution in [0, 0.1) is 11.8 Å². The lowest BCUT2D eigenvalue weighted by atomic mass is 9.85. The molecule has 0 spiro atoms. The van der Waals surface area contributed by atoms with Crippen LogP contribution < -0.4 is 5.32 Å². The van der Waals surface area contributed by atoms with Gasteiger partial charge in [-0.25, -0.2) is 8.78 Å². The molecule has 1 aliphatic rings. The van der Waals surface area contributed by atoms with Crippen molar-refractivity contribution in [3.8, 4) is 0 Å². The monoisotopic (exact) mass is 219 g/mol. The quantitative estimate of drug-likeness (QED) is 0.776. The van der Waals surface area contributed by atoms with Gasteiger partial charge in [-0.05, 0) is 12.8 Å². The van der Waals surface area contributed by atoms with Gasteiger partial charge >= 0.3 is 0 Å². The van der Waals surface area contributed by atoms with E-state index in [0.29, 0.717) is 12.8 Å². The molecule has 1 N–H and O–H groups in total. The van der Waals surface area contributed by atoms with Crippen molar-refractivity contribution in [2.24, 2.45) is 11.8 Å². The fourth-order valence-corrected chi connectivity index (χ4v) is 1.85. The van der Waals surface area contributed by atoms with Crippen molar-refractivity contribution in [1.29, 1.82) is 0 Å². The van der Waals surface area contributed by atoms with Gasteiger partial charge in [-0.15, -0.1) is 0 Å². The molecule has 88 valence electrons. The summed E-state index contributed by atoms with van der Waals surface area (Å²) in [7, 11) is 0. The Labute approximate surface area is 89.4 Å². The summed E-state index contributed by atoms with van der Waals surface area (Å²) in [5, 5.41) is 2.59. The van der Waals surface area contributed by atoms with Crippen LogP contribution in [0.3, 0.4) is 0 Å². The minimum Gasteiger partial charge on any atom is -0.355 e. The summed E-state index contributed by atoms with van der Waals surface area (Å²) >= 11 is 0. The third-order valence-electron chi connectivity index (χ3n) is 2.96. The van der Waals surface area contributed by atoms with E-state index in [2.05, 4.69) is 5.32 Å². The van der Waals surface area contributed by atoms with Gasteiger partial charge in [0.15, 0.2) is 0 Å². The zero-order chi connectivity index (χ0) is 11.5. The van der Waals surface area contributed by atoms with Crippen molar-refractivity contribution in [2.45, 2.75) is 45.5 Å². The summed E-state index contributed by atoms with van der Waals surface area (Å²) in [4.78, 5) is 11.2. The topological polar surface area (TPSA) is 29.1 Å². The van der Waals surface area contributed by atoms with E-state index in [4.69, 9.17) is 0 Å². The standard InChI is InChI=1S/C11H19F2NO/c1-8(2)10(15)14-7-9-5-3-4-6-11(9,12)13/h8-9H,3-7H2,1-2H3,(H,14,15). The van der Waals surface area contributed by atoms with Gasteiger partial charge in [0.1, 0.15) is 0 Å². The van der Waals surface area contributed by atoms with Crippen molar-refractivity contribution in [2.75, 3.05) is 6.54 Å². The van der Waals surface area contributed by atoms with Gasteiger partial charge < -0.3 is 5.32 Å². The lowest BCUT2D eigenvalue weighted by Crippen LogP contribution is -2.41. The third kappa shape index (κ3) is 3.43. The third-order valence-corrected chi connectivity index (χ3v) is 2.96. The van der Waals surface area contributed by atoms with Gasteiger partial charge in [0.05, 0.1) is 0 Å². The number of carbonyl (C=O) groups is 1. The molecule has 0 aromatic carbocycles. The molecule has 0 aliphatic heterocycles. The second kappa shape index (κ2) is 4.90. The Bertz CT molecular complexity index is 229. The molecule has 0 saturated heterocycles. The number of halogens is 2. The molecule has 1 atom stereocenters. The van der Waals surface area contributed by atoms with Crippen LogP contribution in [-0.4, -0.2) is 18.4 Å². The van der Waals surface area contributed by atoms with Crippen LogP contribution in [-0.2, 0) is 4.79 Å². The van der Waals surface area contributed by atoms with Crippen molar-refractivity contribution in [3.05, 3.63) is 0 Å². The highest BCUT2D eigenvalue weighted by atomic mass is 19.3. The molecule has 0 radical (unpaired) electrons. The molecular formula is C11H19F2NO. The number of rotatable bonds is 3. The number of nitrogens with one attached hydrogen (secondary N) is 1. The van der Waals surface area contributed by atoms with Gasteiger partial charge in [0, 0.05) is 24.8 Å². The lowest BCUT2D eigenvalue weighted by Gasteiger charge is -2.31. The van der Waals surface area contributed by atoms with Gasteiger partial charge in [-0.2, -0.15) is 0 Å². The first kappa shape index (κ1) is 12.4. The fourth-order valence-electron chi connectivity index (χ4n) is 1.85. The molecule has 1 fully saturated rings. The van der Waals surface area contributed by atoms with Crippen LogP contribution >= 0.6 is 0 Å². The maximum Gasteiger partial charge on any atom is 0.252 e. The molecule has 4 heteroatoms. The Morgan fingerprint density at radius 2 is 2.13 bits per heavy atom. The van der Waals surface area contributed by atoms with Gasteiger partial charge in [-0.3, -0.25) is 4.79 Å². The summed E-state index contributed by atoms with van der Waals surface area (Å²) in [6.07, 6.45) is 1.93. The largest absolute Gasteiger partial charge is 0.355 e. The predicted octanol–water partition coefficient (Wildman–Crippen LogP) is 2.58. The Morgan fingerprint density at radius 1 is 1.47 bits per heavy atom. The van der Waals surface area contributed by atoms with Crippen LogP contribution in [0.25, 0.3) is 0 Å². The minimum atomic E-state index is -2.59. The van der Waals surface area contributed by atoms with Crippen molar-refractivity contribution in [3.63, 3.8) is 0 Å². The molecule has 0 aromatic rings. The highest BCUT2D eigenvalue weighted by molar-refractivity contribution is 5.77. The van der Waals surface area contributed by atoms with Crippen LogP contribution in [0.15, 0.2) is 0 Å². The summed E-state index contributed by atoms with van der Waals surface area (Å²) in [6, 6.07) is 0. The fraction of sp³-hybridized carbons (Fsp3) is 0.909. The smallest absolute Gasteiger partial charge is 0.252 e. The number of carbonyl (C=O) groups excluding carboxylic acids is 1. The zero-order valence-corrected chi connectivity index (χ0v) is 9.35. The zero-order valence-electron chi connectivity index (χ0n) is 9.35. The van der Waals surface area contributed by atoms with E-state index in [1.54, 1.807) is 13.8 Å². The van der Waals surface area contributed by atoms with E-state index in [0.717, 1.165) is 6.42 Å². The van der Waals surface area contributed by atoms with E-state index in [-0.39, 0.29) is 24.8 Å². The first-order valence-electron chi connectivity index (χ1n) is 5.59. The van der Waals surface area contributed by atoms with Crippen LogP contribution in [0.2, 0.25) is 0 Å². The molecule has 2 nitrogen and oxygen atoms in total. The SMILES string of the molecule is CC(C)C(=O)NCC1CCCCC1(F)F. The average Bonchev–Trinajstić information content (AvgIpc) is 2.14. The van der Waals surface area contributed by atoms with Crippen LogP contribution in [0.4, 0.5) is 8.78 Å². The highest BCUT2D eigenvalue weighted by Gasteiger charge is 2.41. The minimum absolute atomic E-state index is 0.0325. The van der Waals surface area contributed by atoms with E-state index in [1.165, 1.54) is 0 Å². The molecule has 1 rings (SSSR count). The molecule has 1 aliphatic carbocycles. The second-order valence-electron chi connectivity index (χ2n) is 4.60. The maximum atomic E-state index is 13.4. The molecule has 1 saturated carbocycles. The molecule has 15 heavy (non-hydrogen) atoms. The van der Waals surface area contributed by atoms with Crippen molar-refractivity contribution in [1.82, 2.24) is 5.32 Å². The molecule has 0 bridgehead atoms. The Balaban J connectivity index is 2.40. The molecule has 1 amide bonds. The summed E-state index contributed by atoms with van der Waals surface area (Å²) in [6.45, 7) is 3.63. The van der Waals surface area contributed by atoms with E-state index in [1.807, 2.05) is 0 Å². The number of amides is 1. The van der Waals surface area contributed by atoms with E-state index in [9.17, 15) is 13.6 Å². The summed E-state index contributed by atoms with van der Waals surface area (Å²) in [5.41, 5.74) is 0. The molecule has 0 aromatic heterocycles. The maximum absolute atomic E-state index is 13.4.